The summed E-state index contributed by atoms with van der Waals surface area (Å²) in [4.78, 5) is 26.6. The van der Waals surface area contributed by atoms with E-state index in [4.69, 9.17) is 11.6 Å². The van der Waals surface area contributed by atoms with Crippen LogP contribution in [0, 0.1) is 5.82 Å². The summed E-state index contributed by atoms with van der Waals surface area (Å²) in [5.74, 6) is -0.607. The van der Waals surface area contributed by atoms with Gasteiger partial charge in [-0.1, -0.05) is 22.9 Å². The first kappa shape index (κ1) is 21.2. The molecule has 0 saturated carbocycles. The third kappa shape index (κ3) is 5.36. The van der Waals surface area contributed by atoms with Gasteiger partial charge in [-0.2, -0.15) is 0 Å². The van der Waals surface area contributed by atoms with E-state index < -0.39 is 0 Å². The molecule has 3 amide bonds. The van der Waals surface area contributed by atoms with Crippen LogP contribution < -0.4 is 10.6 Å². The minimum absolute atomic E-state index is 0.143. The molecular formula is C21H19ClFN5O2S. The molecule has 0 bridgehead atoms. The standard InChI is InChI=1S/C21H19ClFN5O2S/c22-14-1-5-17(6-2-14)25-21(30)28-11-9-13(10-12-28)19-26-27-20(31-19)18(29)24-16-7-3-15(23)4-8-16/h1-8,13H,9-12H2,(H,24,29)(H,25,30). The van der Waals surface area contributed by atoms with Crippen LogP contribution in [0.2, 0.25) is 5.02 Å². The summed E-state index contributed by atoms with van der Waals surface area (Å²) in [6.45, 7) is 1.17. The lowest BCUT2D eigenvalue weighted by Gasteiger charge is -2.30. The number of halogens is 2. The van der Waals surface area contributed by atoms with Crippen molar-refractivity contribution in [1.29, 1.82) is 0 Å². The molecule has 2 N–H and O–H groups in total. The van der Waals surface area contributed by atoms with Gasteiger partial charge in [0.05, 0.1) is 0 Å². The molecule has 31 heavy (non-hydrogen) atoms. The van der Waals surface area contributed by atoms with Crippen LogP contribution in [-0.4, -0.2) is 40.1 Å². The van der Waals surface area contributed by atoms with Crippen LogP contribution in [0.1, 0.15) is 33.6 Å². The predicted octanol–water partition coefficient (Wildman–Crippen LogP) is 4.99. The summed E-state index contributed by atoms with van der Waals surface area (Å²) in [6.07, 6.45) is 1.48. The Morgan fingerprint density at radius 3 is 2.26 bits per heavy atom. The van der Waals surface area contributed by atoms with Gasteiger partial charge in [0.1, 0.15) is 10.8 Å². The number of piperidine rings is 1. The zero-order valence-electron chi connectivity index (χ0n) is 16.3. The summed E-state index contributed by atoms with van der Waals surface area (Å²) < 4.78 is 13.0. The average molecular weight is 460 g/mol. The van der Waals surface area contributed by atoms with E-state index in [0.29, 0.717) is 29.5 Å². The second-order valence-corrected chi connectivity index (χ2v) is 8.55. The highest BCUT2D eigenvalue weighted by molar-refractivity contribution is 7.13. The van der Waals surface area contributed by atoms with Crippen molar-refractivity contribution < 1.29 is 14.0 Å². The zero-order chi connectivity index (χ0) is 21.8. The number of hydrogen-bond acceptors (Lipinski definition) is 5. The van der Waals surface area contributed by atoms with E-state index in [1.165, 1.54) is 35.6 Å². The number of nitrogens with zero attached hydrogens (tertiary/aromatic N) is 3. The topological polar surface area (TPSA) is 87.2 Å². The molecule has 2 aromatic carbocycles. The van der Waals surface area contributed by atoms with Crippen molar-refractivity contribution in [2.45, 2.75) is 18.8 Å². The Kier molecular flexibility index (Phi) is 6.43. The van der Waals surface area contributed by atoms with Gasteiger partial charge in [0.25, 0.3) is 5.91 Å². The van der Waals surface area contributed by atoms with Gasteiger partial charge in [-0.05, 0) is 61.4 Å². The molecule has 0 aliphatic carbocycles. The number of benzene rings is 2. The van der Waals surface area contributed by atoms with Gasteiger partial charge in [0.2, 0.25) is 5.01 Å². The van der Waals surface area contributed by atoms with Crippen LogP contribution in [0.3, 0.4) is 0 Å². The maximum atomic E-state index is 13.0. The first-order valence-electron chi connectivity index (χ1n) is 9.70. The molecule has 1 fully saturated rings. The van der Waals surface area contributed by atoms with E-state index in [2.05, 4.69) is 20.8 Å². The molecule has 0 radical (unpaired) electrons. The molecule has 160 valence electrons. The minimum Gasteiger partial charge on any atom is -0.324 e. The van der Waals surface area contributed by atoms with Crippen molar-refractivity contribution >= 4 is 46.3 Å². The highest BCUT2D eigenvalue weighted by atomic mass is 35.5. The van der Waals surface area contributed by atoms with Gasteiger partial charge >= 0.3 is 6.03 Å². The Morgan fingerprint density at radius 1 is 0.968 bits per heavy atom. The molecule has 0 atom stereocenters. The summed E-state index contributed by atoms with van der Waals surface area (Å²) in [5.41, 5.74) is 1.18. The summed E-state index contributed by atoms with van der Waals surface area (Å²) in [5, 5.41) is 15.4. The third-order valence-electron chi connectivity index (χ3n) is 4.96. The molecule has 3 aromatic rings. The van der Waals surface area contributed by atoms with Gasteiger partial charge in [-0.3, -0.25) is 4.79 Å². The van der Waals surface area contributed by atoms with Crippen molar-refractivity contribution in [2.75, 3.05) is 23.7 Å². The zero-order valence-corrected chi connectivity index (χ0v) is 17.9. The summed E-state index contributed by atoms with van der Waals surface area (Å²) in [6, 6.07) is 12.3. The van der Waals surface area contributed by atoms with Crippen molar-refractivity contribution in [1.82, 2.24) is 15.1 Å². The maximum absolute atomic E-state index is 13.0. The number of aromatic nitrogens is 2. The van der Waals surface area contributed by atoms with Gasteiger partial charge in [0, 0.05) is 35.4 Å². The van der Waals surface area contributed by atoms with Crippen LogP contribution in [0.25, 0.3) is 0 Å². The average Bonchev–Trinajstić information content (AvgIpc) is 3.27. The molecule has 1 saturated heterocycles. The monoisotopic (exact) mass is 459 g/mol. The maximum Gasteiger partial charge on any atom is 0.321 e. The first-order chi connectivity index (χ1) is 15.0. The Balaban J connectivity index is 1.30. The van der Waals surface area contributed by atoms with Crippen molar-refractivity contribution in [3.8, 4) is 0 Å². The Hall–Kier alpha value is -3.04. The first-order valence-corrected chi connectivity index (χ1v) is 10.9. The predicted molar refractivity (Wildman–Crippen MR) is 118 cm³/mol. The largest absolute Gasteiger partial charge is 0.324 e. The summed E-state index contributed by atoms with van der Waals surface area (Å²) in [7, 11) is 0. The molecule has 1 aliphatic rings. The smallest absolute Gasteiger partial charge is 0.321 e. The molecule has 10 heteroatoms. The number of carbonyl (C=O) groups excluding carboxylic acids is 2. The van der Waals surface area contributed by atoms with Gasteiger partial charge in [-0.15, -0.1) is 10.2 Å². The molecule has 0 unspecified atom stereocenters. The van der Waals surface area contributed by atoms with E-state index in [1.54, 1.807) is 29.2 Å². The molecular weight excluding hydrogens is 441 g/mol. The minimum atomic E-state index is -0.380. The number of carbonyl (C=O) groups is 2. The fraction of sp³-hybridized carbons (Fsp3) is 0.238. The molecule has 7 nitrogen and oxygen atoms in total. The highest BCUT2D eigenvalue weighted by Gasteiger charge is 2.27. The number of urea groups is 1. The van der Waals surface area contributed by atoms with Crippen LogP contribution in [0.5, 0.6) is 0 Å². The lowest BCUT2D eigenvalue weighted by atomic mass is 9.98. The van der Waals surface area contributed by atoms with E-state index in [9.17, 15) is 14.0 Å². The van der Waals surface area contributed by atoms with Crippen LogP contribution in [0.4, 0.5) is 20.6 Å². The van der Waals surface area contributed by atoms with E-state index >= 15 is 0 Å². The Morgan fingerprint density at radius 2 is 1.58 bits per heavy atom. The lowest BCUT2D eigenvalue weighted by Crippen LogP contribution is -2.40. The van der Waals surface area contributed by atoms with Crippen molar-refractivity contribution in [3.05, 3.63) is 69.4 Å². The van der Waals surface area contributed by atoms with Gasteiger partial charge in [0.15, 0.2) is 0 Å². The van der Waals surface area contributed by atoms with Crippen molar-refractivity contribution in [3.63, 3.8) is 0 Å². The highest BCUT2D eigenvalue weighted by Crippen LogP contribution is 2.30. The van der Waals surface area contributed by atoms with E-state index in [-0.39, 0.29) is 28.7 Å². The fourth-order valence-corrected chi connectivity index (χ4v) is 4.31. The number of amides is 3. The molecule has 1 aliphatic heterocycles. The van der Waals surface area contributed by atoms with Gasteiger partial charge in [-0.25, -0.2) is 9.18 Å². The van der Waals surface area contributed by atoms with Gasteiger partial charge < -0.3 is 15.5 Å². The van der Waals surface area contributed by atoms with Crippen LogP contribution in [-0.2, 0) is 0 Å². The number of likely N-dealkylation sites (tertiary alicyclic amines) is 1. The number of hydrogen-bond donors (Lipinski definition) is 2. The number of rotatable bonds is 4. The lowest BCUT2D eigenvalue weighted by molar-refractivity contribution is 0.102. The summed E-state index contributed by atoms with van der Waals surface area (Å²) >= 11 is 7.11. The quantitative estimate of drug-likeness (QED) is 0.575. The molecule has 0 spiro atoms. The second-order valence-electron chi connectivity index (χ2n) is 7.10. The third-order valence-corrected chi connectivity index (χ3v) is 6.30. The Labute approximate surface area is 187 Å². The molecule has 4 rings (SSSR count). The Bertz CT molecular complexity index is 1070. The SMILES string of the molecule is O=C(Nc1ccc(F)cc1)c1nnc(C2CCN(C(=O)Nc3ccc(Cl)cc3)CC2)s1. The molecule has 1 aromatic heterocycles. The fourth-order valence-electron chi connectivity index (χ4n) is 3.27. The normalized spacial score (nSPS) is 14.3. The van der Waals surface area contributed by atoms with E-state index in [0.717, 1.165) is 17.8 Å². The second kappa shape index (κ2) is 9.40. The number of nitrogens with one attached hydrogen (secondary N) is 2. The van der Waals surface area contributed by atoms with Crippen LogP contribution in [0.15, 0.2) is 48.5 Å². The number of anilines is 2. The van der Waals surface area contributed by atoms with Crippen molar-refractivity contribution in [2.24, 2.45) is 0 Å². The van der Waals surface area contributed by atoms with E-state index in [1.807, 2.05) is 0 Å². The van der Waals surface area contributed by atoms with Crippen LogP contribution >= 0.6 is 22.9 Å². The molecule has 2 heterocycles.